The lowest BCUT2D eigenvalue weighted by atomic mass is 10.1. The van der Waals surface area contributed by atoms with Crippen molar-refractivity contribution >= 4 is 17.7 Å². The normalized spacial score (nSPS) is 10.7. The molecule has 0 bridgehead atoms. The van der Waals surface area contributed by atoms with Crippen LogP contribution in [-0.2, 0) is 4.79 Å². The van der Waals surface area contributed by atoms with Gasteiger partial charge in [-0.3, -0.25) is 14.9 Å². The highest BCUT2D eigenvalue weighted by molar-refractivity contribution is 6.02. The standard InChI is InChI=1S/C15H17N3O4/c1-4-17(5-2)15(19)12(10-16)8-11-9-13(18(20)21)6-7-14(11)22-3/h6-9H,4-5H2,1-3H3/b12-8+. The van der Waals surface area contributed by atoms with Crippen molar-refractivity contribution in [2.24, 2.45) is 0 Å². The second kappa shape index (κ2) is 7.78. The molecule has 0 spiro atoms. The van der Waals surface area contributed by atoms with Gasteiger partial charge in [0.15, 0.2) is 0 Å². The average molecular weight is 303 g/mol. The molecule has 0 heterocycles. The van der Waals surface area contributed by atoms with E-state index in [2.05, 4.69) is 0 Å². The fraction of sp³-hybridized carbons (Fsp3) is 0.333. The fourth-order valence-electron chi connectivity index (χ4n) is 1.93. The molecule has 116 valence electrons. The van der Waals surface area contributed by atoms with Crippen LogP contribution in [0.1, 0.15) is 19.4 Å². The van der Waals surface area contributed by atoms with Gasteiger partial charge in [-0.1, -0.05) is 0 Å². The summed E-state index contributed by atoms with van der Waals surface area (Å²) in [6, 6.07) is 5.84. The van der Waals surface area contributed by atoms with Gasteiger partial charge >= 0.3 is 0 Å². The fourth-order valence-corrected chi connectivity index (χ4v) is 1.93. The van der Waals surface area contributed by atoms with Crippen molar-refractivity contribution in [1.82, 2.24) is 4.90 Å². The molecule has 7 heteroatoms. The zero-order chi connectivity index (χ0) is 16.7. The number of hydrogen-bond acceptors (Lipinski definition) is 5. The summed E-state index contributed by atoms with van der Waals surface area (Å²) >= 11 is 0. The van der Waals surface area contributed by atoms with Crippen molar-refractivity contribution in [2.45, 2.75) is 13.8 Å². The highest BCUT2D eigenvalue weighted by Crippen LogP contribution is 2.26. The second-order valence-corrected chi connectivity index (χ2v) is 4.33. The van der Waals surface area contributed by atoms with E-state index >= 15 is 0 Å². The monoisotopic (exact) mass is 303 g/mol. The first-order valence-corrected chi connectivity index (χ1v) is 6.71. The summed E-state index contributed by atoms with van der Waals surface area (Å²) < 4.78 is 5.12. The molecule has 0 aliphatic heterocycles. The van der Waals surface area contributed by atoms with Crippen LogP contribution < -0.4 is 4.74 Å². The molecular formula is C15H17N3O4. The number of ether oxygens (including phenoxy) is 1. The summed E-state index contributed by atoms with van der Waals surface area (Å²) in [6.07, 6.45) is 1.31. The first kappa shape index (κ1) is 17.2. The van der Waals surface area contributed by atoms with Gasteiger partial charge in [-0.15, -0.1) is 0 Å². The van der Waals surface area contributed by atoms with E-state index in [9.17, 15) is 20.2 Å². The summed E-state index contributed by atoms with van der Waals surface area (Å²) in [5.74, 6) is -0.0632. The van der Waals surface area contributed by atoms with Gasteiger partial charge < -0.3 is 9.64 Å². The lowest BCUT2D eigenvalue weighted by Gasteiger charge is -2.17. The molecule has 1 aromatic rings. The minimum atomic E-state index is -0.547. The summed E-state index contributed by atoms with van der Waals surface area (Å²) in [5, 5.41) is 20.0. The molecule has 22 heavy (non-hydrogen) atoms. The third kappa shape index (κ3) is 3.82. The van der Waals surface area contributed by atoms with E-state index in [1.54, 1.807) is 0 Å². The lowest BCUT2D eigenvalue weighted by molar-refractivity contribution is -0.384. The topological polar surface area (TPSA) is 96.5 Å². The molecular weight excluding hydrogens is 286 g/mol. The smallest absolute Gasteiger partial charge is 0.270 e. The maximum Gasteiger partial charge on any atom is 0.270 e. The summed E-state index contributed by atoms with van der Waals surface area (Å²) in [4.78, 5) is 24.0. The van der Waals surface area contributed by atoms with E-state index in [1.807, 2.05) is 19.9 Å². The van der Waals surface area contributed by atoms with Crippen LogP contribution in [0.25, 0.3) is 6.08 Å². The number of non-ortho nitro benzene ring substituents is 1. The Bertz CT molecular complexity index is 643. The van der Waals surface area contributed by atoms with Crippen LogP contribution >= 0.6 is 0 Å². The molecule has 0 aliphatic carbocycles. The van der Waals surface area contributed by atoms with Crippen molar-refractivity contribution in [3.8, 4) is 11.8 Å². The van der Waals surface area contributed by atoms with Gasteiger partial charge in [0.25, 0.3) is 11.6 Å². The third-order valence-corrected chi connectivity index (χ3v) is 3.13. The van der Waals surface area contributed by atoms with E-state index in [4.69, 9.17) is 4.74 Å². The van der Waals surface area contributed by atoms with Crippen molar-refractivity contribution < 1.29 is 14.5 Å². The number of carbonyl (C=O) groups excluding carboxylic acids is 1. The molecule has 1 aromatic carbocycles. The first-order chi connectivity index (χ1) is 10.5. The van der Waals surface area contributed by atoms with Crippen molar-refractivity contribution in [1.29, 1.82) is 5.26 Å². The zero-order valence-electron chi connectivity index (χ0n) is 12.7. The van der Waals surface area contributed by atoms with Gasteiger partial charge in [0, 0.05) is 30.8 Å². The molecule has 0 N–H and O–H groups in total. The number of hydrogen-bond donors (Lipinski definition) is 0. The highest BCUT2D eigenvalue weighted by atomic mass is 16.6. The van der Waals surface area contributed by atoms with Gasteiger partial charge in [-0.2, -0.15) is 5.26 Å². The Balaban J connectivity index is 3.33. The number of benzene rings is 1. The van der Waals surface area contributed by atoms with Gasteiger partial charge in [0.1, 0.15) is 17.4 Å². The molecule has 0 saturated heterocycles. The Morgan fingerprint density at radius 3 is 2.55 bits per heavy atom. The number of methoxy groups -OCH3 is 1. The number of nitrogens with zero attached hydrogens (tertiary/aromatic N) is 3. The summed E-state index contributed by atoms with van der Waals surface area (Å²) in [6.45, 7) is 4.57. The highest BCUT2D eigenvalue weighted by Gasteiger charge is 2.17. The average Bonchev–Trinajstić information content (AvgIpc) is 2.53. The molecule has 0 fully saturated rings. The summed E-state index contributed by atoms with van der Waals surface area (Å²) in [5.41, 5.74) is 0.0795. The molecule has 0 unspecified atom stereocenters. The molecule has 0 atom stereocenters. The molecule has 7 nitrogen and oxygen atoms in total. The lowest BCUT2D eigenvalue weighted by Crippen LogP contribution is -2.31. The second-order valence-electron chi connectivity index (χ2n) is 4.33. The maximum absolute atomic E-state index is 12.2. The molecule has 0 radical (unpaired) electrons. The third-order valence-electron chi connectivity index (χ3n) is 3.13. The Labute approximate surface area is 128 Å². The minimum Gasteiger partial charge on any atom is -0.496 e. The minimum absolute atomic E-state index is 0.0949. The molecule has 0 saturated carbocycles. The van der Waals surface area contributed by atoms with Crippen LogP contribution in [0.3, 0.4) is 0 Å². The van der Waals surface area contributed by atoms with E-state index in [-0.39, 0.29) is 11.3 Å². The quantitative estimate of drug-likeness (QED) is 0.348. The van der Waals surface area contributed by atoms with Gasteiger partial charge in [-0.25, -0.2) is 0 Å². The Morgan fingerprint density at radius 1 is 1.45 bits per heavy atom. The van der Waals surface area contributed by atoms with Crippen molar-refractivity contribution in [2.75, 3.05) is 20.2 Å². The number of likely N-dealkylation sites (N-methyl/N-ethyl adjacent to an activating group) is 1. The Morgan fingerprint density at radius 2 is 2.09 bits per heavy atom. The Kier molecular flexibility index (Phi) is 6.08. The van der Waals surface area contributed by atoms with Crippen molar-refractivity contribution in [3.63, 3.8) is 0 Å². The molecule has 0 aromatic heterocycles. The van der Waals surface area contributed by atoms with E-state index in [1.165, 1.54) is 36.3 Å². The van der Waals surface area contributed by atoms with Gasteiger partial charge in [0.2, 0.25) is 0 Å². The largest absolute Gasteiger partial charge is 0.496 e. The van der Waals surface area contributed by atoms with Gasteiger partial charge in [-0.05, 0) is 26.0 Å². The van der Waals surface area contributed by atoms with Crippen LogP contribution in [0.2, 0.25) is 0 Å². The molecule has 1 rings (SSSR count). The molecule has 1 amide bonds. The maximum atomic E-state index is 12.2. The van der Waals surface area contributed by atoms with E-state index in [0.717, 1.165) is 0 Å². The Hall–Kier alpha value is -2.88. The van der Waals surface area contributed by atoms with E-state index in [0.29, 0.717) is 24.4 Å². The van der Waals surface area contributed by atoms with E-state index < -0.39 is 10.8 Å². The predicted molar refractivity (Wildman–Crippen MR) is 81.2 cm³/mol. The number of nitriles is 1. The van der Waals surface area contributed by atoms with Crippen LogP contribution in [0, 0.1) is 21.4 Å². The molecule has 0 aliphatic rings. The zero-order valence-corrected chi connectivity index (χ0v) is 12.7. The van der Waals surface area contributed by atoms with Crippen LogP contribution in [-0.4, -0.2) is 35.9 Å². The first-order valence-electron chi connectivity index (χ1n) is 6.71. The number of nitro groups is 1. The van der Waals surface area contributed by atoms with Crippen LogP contribution in [0.5, 0.6) is 5.75 Å². The number of nitro benzene ring substituents is 1. The predicted octanol–water partition coefficient (Wildman–Crippen LogP) is 2.38. The van der Waals surface area contributed by atoms with Crippen LogP contribution in [0.4, 0.5) is 5.69 Å². The van der Waals surface area contributed by atoms with Crippen LogP contribution in [0.15, 0.2) is 23.8 Å². The summed E-state index contributed by atoms with van der Waals surface area (Å²) in [7, 11) is 1.41. The number of rotatable bonds is 6. The van der Waals surface area contributed by atoms with Gasteiger partial charge in [0.05, 0.1) is 12.0 Å². The number of amides is 1. The SMILES string of the molecule is CCN(CC)C(=O)/C(C#N)=C/c1cc([N+](=O)[O-])ccc1OC. The number of carbonyl (C=O) groups is 1. The van der Waals surface area contributed by atoms with Crippen molar-refractivity contribution in [3.05, 3.63) is 39.4 Å².